The highest BCUT2D eigenvalue weighted by Gasteiger charge is 2.04. The molecule has 0 aromatic heterocycles. The smallest absolute Gasteiger partial charge is 0.303 e. The van der Waals surface area contributed by atoms with E-state index in [0.717, 1.165) is 17.7 Å². The molecule has 0 spiro atoms. The Morgan fingerprint density at radius 3 is 2.95 bits per heavy atom. The molecule has 0 bridgehead atoms. The van der Waals surface area contributed by atoms with Gasteiger partial charge in [0, 0.05) is 23.6 Å². The maximum atomic E-state index is 10.4. The van der Waals surface area contributed by atoms with E-state index in [4.69, 9.17) is 21.4 Å². The van der Waals surface area contributed by atoms with Gasteiger partial charge in [-0.15, -0.1) is 0 Å². The molecule has 106 valence electrons. The van der Waals surface area contributed by atoms with Crippen molar-refractivity contribution in [2.75, 3.05) is 13.2 Å². The average Bonchev–Trinajstić information content (AvgIpc) is 2.37. The number of rotatable bonds is 9. The van der Waals surface area contributed by atoms with Crippen LogP contribution in [0.3, 0.4) is 0 Å². The quantitative estimate of drug-likeness (QED) is 0.685. The van der Waals surface area contributed by atoms with E-state index in [2.05, 4.69) is 12.2 Å². The maximum Gasteiger partial charge on any atom is 0.303 e. The Kier molecular flexibility index (Phi) is 7.30. The third-order valence-corrected chi connectivity index (χ3v) is 2.78. The second-order valence-corrected chi connectivity index (χ2v) is 4.71. The fourth-order valence-corrected chi connectivity index (χ4v) is 1.82. The van der Waals surface area contributed by atoms with Crippen LogP contribution in [0.4, 0.5) is 0 Å². The Morgan fingerprint density at radius 1 is 1.47 bits per heavy atom. The molecule has 0 saturated heterocycles. The first-order valence-corrected chi connectivity index (χ1v) is 6.85. The topological polar surface area (TPSA) is 58.6 Å². The van der Waals surface area contributed by atoms with Gasteiger partial charge in [-0.3, -0.25) is 4.79 Å². The van der Waals surface area contributed by atoms with E-state index in [1.54, 1.807) is 6.07 Å². The summed E-state index contributed by atoms with van der Waals surface area (Å²) in [5, 5.41) is 12.4. The van der Waals surface area contributed by atoms with E-state index in [0.29, 0.717) is 31.1 Å². The summed E-state index contributed by atoms with van der Waals surface area (Å²) < 4.78 is 5.64. The van der Waals surface area contributed by atoms with E-state index in [-0.39, 0.29) is 6.42 Å². The minimum absolute atomic E-state index is 0.182. The average molecular weight is 286 g/mol. The minimum Gasteiger partial charge on any atom is -0.493 e. The fourth-order valence-electron chi connectivity index (χ4n) is 1.63. The lowest BCUT2D eigenvalue weighted by atomic mass is 10.2. The van der Waals surface area contributed by atoms with Gasteiger partial charge in [-0.05, 0) is 37.6 Å². The van der Waals surface area contributed by atoms with Crippen molar-refractivity contribution < 1.29 is 14.6 Å². The van der Waals surface area contributed by atoms with Crippen LogP contribution in [-0.2, 0) is 11.3 Å². The number of carboxylic acid groups (broad SMARTS) is 1. The number of carboxylic acids is 1. The third kappa shape index (κ3) is 6.45. The van der Waals surface area contributed by atoms with Gasteiger partial charge in [-0.1, -0.05) is 18.5 Å². The molecule has 5 heteroatoms. The van der Waals surface area contributed by atoms with Gasteiger partial charge in [0.05, 0.1) is 6.61 Å². The first kappa shape index (κ1) is 15.8. The van der Waals surface area contributed by atoms with Gasteiger partial charge in [-0.2, -0.15) is 0 Å². The van der Waals surface area contributed by atoms with Crippen LogP contribution >= 0.6 is 11.6 Å². The first-order valence-electron chi connectivity index (χ1n) is 6.47. The Labute approximate surface area is 118 Å². The van der Waals surface area contributed by atoms with Crippen LogP contribution in [0, 0.1) is 0 Å². The van der Waals surface area contributed by atoms with E-state index in [9.17, 15) is 4.79 Å². The van der Waals surface area contributed by atoms with Gasteiger partial charge in [0.2, 0.25) is 0 Å². The van der Waals surface area contributed by atoms with Crippen molar-refractivity contribution in [3.05, 3.63) is 28.8 Å². The summed E-state index contributed by atoms with van der Waals surface area (Å²) in [5.41, 5.74) is 0.997. The van der Waals surface area contributed by atoms with Crippen LogP contribution in [0.2, 0.25) is 5.02 Å². The van der Waals surface area contributed by atoms with Gasteiger partial charge in [0.25, 0.3) is 0 Å². The van der Waals surface area contributed by atoms with E-state index in [1.165, 1.54) is 0 Å². The van der Waals surface area contributed by atoms with Gasteiger partial charge in [0.1, 0.15) is 5.75 Å². The van der Waals surface area contributed by atoms with Crippen molar-refractivity contribution >= 4 is 17.6 Å². The zero-order valence-corrected chi connectivity index (χ0v) is 11.9. The second-order valence-electron chi connectivity index (χ2n) is 4.27. The molecule has 1 aromatic rings. The van der Waals surface area contributed by atoms with Gasteiger partial charge < -0.3 is 15.2 Å². The Hall–Kier alpha value is -1.26. The second kappa shape index (κ2) is 8.77. The standard InChI is InChI=1S/C14H20ClNO3/c1-2-8-19-13-6-5-12(15)9-11(13)10-16-7-3-4-14(17)18/h5-6,9,16H,2-4,7-8,10H2,1H3,(H,17,18). The molecule has 0 aliphatic heterocycles. The monoisotopic (exact) mass is 285 g/mol. The van der Waals surface area contributed by atoms with Crippen molar-refractivity contribution in [2.45, 2.75) is 32.7 Å². The first-order chi connectivity index (χ1) is 9.13. The SMILES string of the molecule is CCCOc1ccc(Cl)cc1CNCCCC(=O)O. The number of ether oxygens (including phenoxy) is 1. The molecule has 1 rings (SSSR count). The van der Waals surface area contributed by atoms with E-state index >= 15 is 0 Å². The molecule has 0 saturated carbocycles. The predicted octanol–water partition coefficient (Wildman–Crippen LogP) is 3.08. The number of halogens is 1. The molecule has 0 aliphatic rings. The summed E-state index contributed by atoms with van der Waals surface area (Å²) >= 11 is 5.97. The number of nitrogens with one attached hydrogen (secondary N) is 1. The normalized spacial score (nSPS) is 10.4. The van der Waals surface area contributed by atoms with Crippen LogP contribution in [0.25, 0.3) is 0 Å². The summed E-state index contributed by atoms with van der Waals surface area (Å²) in [6, 6.07) is 5.55. The molecule has 0 aliphatic carbocycles. The number of carbonyl (C=O) groups is 1. The lowest BCUT2D eigenvalue weighted by molar-refractivity contribution is -0.137. The Balaban J connectivity index is 2.46. The fraction of sp³-hybridized carbons (Fsp3) is 0.500. The van der Waals surface area contributed by atoms with E-state index < -0.39 is 5.97 Å². The van der Waals surface area contributed by atoms with Gasteiger partial charge in [-0.25, -0.2) is 0 Å². The molecule has 0 fully saturated rings. The highest BCUT2D eigenvalue weighted by atomic mass is 35.5. The number of hydrogen-bond donors (Lipinski definition) is 2. The van der Waals surface area contributed by atoms with Crippen LogP contribution < -0.4 is 10.1 Å². The summed E-state index contributed by atoms with van der Waals surface area (Å²) in [6.07, 6.45) is 1.75. The molecule has 0 amide bonds. The lowest BCUT2D eigenvalue weighted by Crippen LogP contribution is -2.16. The van der Waals surface area contributed by atoms with E-state index in [1.807, 2.05) is 12.1 Å². The molecule has 2 N–H and O–H groups in total. The summed E-state index contributed by atoms with van der Waals surface area (Å²) in [6.45, 7) is 4.01. The van der Waals surface area contributed by atoms with Gasteiger partial charge >= 0.3 is 5.97 Å². The van der Waals surface area contributed by atoms with Crippen molar-refractivity contribution in [2.24, 2.45) is 0 Å². The molecule has 0 heterocycles. The highest BCUT2D eigenvalue weighted by Crippen LogP contribution is 2.23. The van der Waals surface area contributed by atoms with Crippen LogP contribution in [0.15, 0.2) is 18.2 Å². The third-order valence-electron chi connectivity index (χ3n) is 2.54. The molecular formula is C14H20ClNO3. The molecule has 4 nitrogen and oxygen atoms in total. The van der Waals surface area contributed by atoms with Crippen LogP contribution in [0.1, 0.15) is 31.7 Å². The molecular weight excluding hydrogens is 266 g/mol. The zero-order valence-electron chi connectivity index (χ0n) is 11.1. The van der Waals surface area contributed by atoms with Gasteiger partial charge in [0.15, 0.2) is 0 Å². The minimum atomic E-state index is -0.767. The Bertz CT molecular complexity index is 410. The maximum absolute atomic E-state index is 10.4. The van der Waals surface area contributed by atoms with Crippen LogP contribution in [-0.4, -0.2) is 24.2 Å². The molecule has 19 heavy (non-hydrogen) atoms. The molecule has 0 atom stereocenters. The highest BCUT2D eigenvalue weighted by molar-refractivity contribution is 6.30. The number of hydrogen-bond acceptors (Lipinski definition) is 3. The van der Waals surface area contributed by atoms with Crippen molar-refractivity contribution in [1.82, 2.24) is 5.32 Å². The van der Waals surface area contributed by atoms with Crippen molar-refractivity contribution in [1.29, 1.82) is 0 Å². The lowest BCUT2D eigenvalue weighted by Gasteiger charge is -2.12. The summed E-state index contributed by atoms with van der Waals surface area (Å²) in [4.78, 5) is 10.4. The largest absolute Gasteiger partial charge is 0.493 e. The zero-order chi connectivity index (χ0) is 14.1. The molecule has 0 radical (unpaired) electrons. The summed E-state index contributed by atoms with van der Waals surface area (Å²) in [7, 11) is 0. The van der Waals surface area contributed by atoms with Crippen molar-refractivity contribution in [3.8, 4) is 5.75 Å². The molecule has 1 aromatic carbocycles. The van der Waals surface area contributed by atoms with Crippen molar-refractivity contribution in [3.63, 3.8) is 0 Å². The predicted molar refractivity (Wildman–Crippen MR) is 75.8 cm³/mol. The number of aliphatic carboxylic acids is 1. The number of benzene rings is 1. The summed E-state index contributed by atoms with van der Waals surface area (Å²) in [5.74, 6) is 0.0634. The molecule has 0 unspecified atom stereocenters. The van der Waals surface area contributed by atoms with Crippen LogP contribution in [0.5, 0.6) is 5.75 Å². The Morgan fingerprint density at radius 2 is 2.26 bits per heavy atom.